The third-order valence-corrected chi connectivity index (χ3v) is 3.81. The molecule has 1 aromatic rings. The molecule has 0 saturated heterocycles. The van der Waals surface area contributed by atoms with E-state index in [1.165, 1.54) is 11.1 Å². The number of hydrogen-bond donors (Lipinski definition) is 1. The minimum Gasteiger partial charge on any atom is -0.371 e. The van der Waals surface area contributed by atoms with Crippen molar-refractivity contribution >= 4 is 17.4 Å². The maximum Gasteiger partial charge on any atom is 0.111 e. The summed E-state index contributed by atoms with van der Waals surface area (Å²) in [5.41, 5.74) is 2.75. The number of rotatable bonds is 2. The lowest BCUT2D eigenvalue weighted by molar-refractivity contribution is 0.262. The maximum absolute atomic E-state index is 6.05. The average molecular weight is 250 g/mol. The number of fused-ring (bicyclic) bond motifs is 1. The van der Waals surface area contributed by atoms with Crippen LogP contribution in [0.1, 0.15) is 24.1 Å². The van der Waals surface area contributed by atoms with Gasteiger partial charge in [-0.3, -0.25) is 9.89 Å². The van der Waals surface area contributed by atoms with Crippen LogP contribution in [-0.2, 0) is 6.54 Å². The highest BCUT2D eigenvalue weighted by molar-refractivity contribution is 6.30. The molecular formula is C13H16ClN3. The maximum atomic E-state index is 6.05. The molecule has 1 aromatic carbocycles. The van der Waals surface area contributed by atoms with Crippen molar-refractivity contribution in [2.24, 2.45) is 4.99 Å². The molecule has 0 aromatic heterocycles. The molecule has 0 bridgehead atoms. The molecule has 0 fully saturated rings. The van der Waals surface area contributed by atoms with Crippen LogP contribution < -0.4 is 5.32 Å². The number of aliphatic imine (C=N–C) groups is 1. The van der Waals surface area contributed by atoms with Crippen LogP contribution in [0.2, 0.25) is 5.02 Å². The van der Waals surface area contributed by atoms with Crippen molar-refractivity contribution in [1.29, 1.82) is 0 Å². The lowest BCUT2D eigenvalue weighted by Gasteiger charge is -2.21. The summed E-state index contributed by atoms with van der Waals surface area (Å²) in [7, 11) is 0. The van der Waals surface area contributed by atoms with Crippen LogP contribution in [0.15, 0.2) is 23.2 Å². The molecule has 0 radical (unpaired) electrons. The number of nitrogens with zero attached hydrogens (tertiary/aromatic N) is 2. The largest absolute Gasteiger partial charge is 0.371 e. The molecule has 2 aliphatic rings. The molecule has 17 heavy (non-hydrogen) atoms. The first-order chi connectivity index (χ1) is 8.24. The van der Waals surface area contributed by atoms with E-state index in [1.54, 1.807) is 0 Å². The summed E-state index contributed by atoms with van der Waals surface area (Å²) in [5.74, 6) is 1.12. The summed E-state index contributed by atoms with van der Waals surface area (Å²) in [6, 6.07) is 6.62. The van der Waals surface area contributed by atoms with Crippen LogP contribution in [0, 0.1) is 0 Å². The SMILES string of the molecule is CC1c2cc(Cl)ccc2CN1CC1=NCCN1. The first-order valence-electron chi connectivity index (χ1n) is 6.03. The average Bonchev–Trinajstić information content (AvgIpc) is 2.91. The van der Waals surface area contributed by atoms with Crippen LogP contribution in [-0.4, -0.2) is 30.4 Å². The molecule has 1 N–H and O–H groups in total. The van der Waals surface area contributed by atoms with Gasteiger partial charge in [0.25, 0.3) is 0 Å². The second kappa shape index (κ2) is 4.31. The van der Waals surface area contributed by atoms with Gasteiger partial charge in [-0.2, -0.15) is 0 Å². The molecule has 0 amide bonds. The van der Waals surface area contributed by atoms with E-state index in [-0.39, 0.29) is 0 Å². The fourth-order valence-electron chi connectivity index (χ4n) is 2.59. The highest BCUT2D eigenvalue weighted by atomic mass is 35.5. The van der Waals surface area contributed by atoms with Crippen LogP contribution in [0.4, 0.5) is 0 Å². The van der Waals surface area contributed by atoms with Crippen molar-refractivity contribution in [3.63, 3.8) is 0 Å². The van der Waals surface area contributed by atoms with E-state index in [2.05, 4.69) is 34.3 Å². The van der Waals surface area contributed by atoms with Gasteiger partial charge in [0.1, 0.15) is 5.84 Å². The number of amidine groups is 1. The number of nitrogens with one attached hydrogen (secondary N) is 1. The minimum absolute atomic E-state index is 0.425. The van der Waals surface area contributed by atoms with E-state index in [0.29, 0.717) is 6.04 Å². The van der Waals surface area contributed by atoms with Gasteiger partial charge in [0, 0.05) is 24.2 Å². The summed E-state index contributed by atoms with van der Waals surface area (Å²) >= 11 is 6.05. The van der Waals surface area contributed by atoms with Crippen molar-refractivity contribution in [2.75, 3.05) is 19.6 Å². The van der Waals surface area contributed by atoms with Gasteiger partial charge in [-0.1, -0.05) is 17.7 Å². The topological polar surface area (TPSA) is 27.6 Å². The fourth-order valence-corrected chi connectivity index (χ4v) is 2.77. The van der Waals surface area contributed by atoms with Gasteiger partial charge in [-0.15, -0.1) is 0 Å². The lowest BCUT2D eigenvalue weighted by Crippen LogP contribution is -2.33. The molecule has 2 heterocycles. The Morgan fingerprint density at radius 3 is 3.18 bits per heavy atom. The first kappa shape index (κ1) is 11.1. The molecule has 1 atom stereocenters. The summed E-state index contributed by atoms with van der Waals surface area (Å²) in [6.45, 7) is 6.03. The Bertz CT molecular complexity index is 470. The molecule has 3 nitrogen and oxygen atoms in total. The smallest absolute Gasteiger partial charge is 0.111 e. The van der Waals surface area contributed by atoms with Crippen LogP contribution in [0.25, 0.3) is 0 Å². The van der Waals surface area contributed by atoms with E-state index < -0.39 is 0 Å². The monoisotopic (exact) mass is 249 g/mol. The molecule has 0 aliphatic carbocycles. The van der Waals surface area contributed by atoms with Crippen molar-refractivity contribution in [2.45, 2.75) is 19.5 Å². The lowest BCUT2D eigenvalue weighted by atomic mass is 10.1. The molecule has 90 valence electrons. The van der Waals surface area contributed by atoms with Crippen LogP contribution in [0.5, 0.6) is 0 Å². The fraction of sp³-hybridized carbons (Fsp3) is 0.462. The van der Waals surface area contributed by atoms with Crippen molar-refractivity contribution in [3.8, 4) is 0 Å². The van der Waals surface area contributed by atoms with E-state index in [0.717, 1.165) is 37.0 Å². The van der Waals surface area contributed by atoms with E-state index >= 15 is 0 Å². The third kappa shape index (κ3) is 2.05. The second-order valence-electron chi connectivity index (χ2n) is 4.68. The zero-order valence-corrected chi connectivity index (χ0v) is 10.7. The number of hydrogen-bond acceptors (Lipinski definition) is 3. The van der Waals surface area contributed by atoms with E-state index in [1.807, 2.05) is 6.07 Å². The standard InChI is InChI=1S/C13H16ClN3/c1-9-12-6-11(14)3-2-10(12)7-17(9)8-13-15-4-5-16-13/h2-3,6,9H,4-5,7-8H2,1H3,(H,15,16). The quantitative estimate of drug-likeness (QED) is 0.871. The van der Waals surface area contributed by atoms with Gasteiger partial charge in [0.2, 0.25) is 0 Å². The molecule has 0 spiro atoms. The van der Waals surface area contributed by atoms with Gasteiger partial charge >= 0.3 is 0 Å². The Morgan fingerprint density at radius 2 is 2.41 bits per heavy atom. The van der Waals surface area contributed by atoms with Crippen LogP contribution >= 0.6 is 11.6 Å². The third-order valence-electron chi connectivity index (χ3n) is 3.58. The van der Waals surface area contributed by atoms with Gasteiger partial charge in [-0.25, -0.2) is 0 Å². The summed E-state index contributed by atoms with van der Waals surface area (Å²) < 4.78 is 0. The number of benzene rings is 1. The van der Waals surface area contributed by atoms with Gasteiger partial charge < -0.3 is 5.32 Å². The van der Waals surface area contributed by atoms with Crippen LogP contribution in [0.3, 0.4) is 0 Å². The Balaban J connectivity index is 1.78. The molecule has 4 heteroatoms. The van der Waals surface area contributed by atoms with Crippen molar-refractivity contribution in [3.05, 3.63) is 34.3 Å². The van der Waals surface area contributed by atoms with Gasteiger partial charge in [0.05, 0.1) is 13.1 Å². The Morgan fingerprint density at radius 1 is 1.53 bits per heavy atom. The van der Waals surface area contributed by atoms with Crippen molar-refractivity contribution < 1.29 is 0 Å². The summed E-state index contributed by atoms with van der Waals surface area (Å²) in [5, 5.41) is 4.15. The summed E-state index contributed by atoms with van der Waals surface area (Å²) in [6.07, 6.45) is 0. The van der Waals surface area contributed by atoms with E-state index in [9.17, 15) is 0 Å². The molecule has 3 rings (SSSR count). The Kier molecular flexibility index (Phi) is 2.81. The predicted octanol–water partition coefficient (Wildman–Crippen LogP) is 2.22. The Hall–Kier alpha value is -1.06. The van der Waals surface area contributed by atoms with Gasteiger partial charge in [0.15, 0.2) is 0 Å². The molecule has 1 unspecified atom stereocenters. The van der Waals surface area contributed by atoms with Gasteiger partial charge in [-0.05, 0) is 30.2 Å². The summed E-state index contributed by atoms with van der Waals surface area (Å²) in [4.78, 5) is 6.88. The normalized spacial score (nSPS) is 23.4. The molecular weight excluding hydrogens is 234 g/mol. The molecule has 2 aliphatic heterocycles. The molecule has 0 saturated carbocycles. The zero-order valence-electron chi connectivity index (χ0n) is 9.91. The highest BCUT2D eigenvalue weighted by Crippen LogP contribution is 2.34. The number of halogens is 1. The predicted molar refractivity (Wildman–Crippen MR) is 70.6 cm³/mol. The van der Waals surface area contributed by atoms with E-state index in [4.69, 9.17) is 11.6 Å². The second-order valence-corrected chi connectivity index (χ2v) is 5.12. The zero-order chi connectivity index (χ0) is 11.8. The Labute approximate surface area is 106 Å². The highest BCUT2D eigenvalue weighted by Gasteiger charge is 2.27. The van der Waals surface area contributed by atoms with Crippen molar-refractivity contribution in [1.82, 2.24) is 10.2 Å². The first-order valence-corrected chi connectivity index (χ1v) is 6.41. The minimum atomic E-state index is 0.425.